The number of nitrogens with zero attached hydrogens (tertiary/aromatic N) is 5. The van der Waals surface area contributed by atoms with E-state index in [4.69, 9.17) is 20.5 Å². The van der Waals surface area contributed by atoms with Crippen molar-refractivity contribution in [3.63, 3.8) is 0 Å². The maximum atomic E-state index is 12.0. The van der Waals surface area contributed by atoms with E-state index in [1.54, 1.807) is 42.7 Å². The van der Waals surface area contributed by atoms with Crippen molar-refractivity contribution in [1.29, 1.82) is 0 Å². The Morgan fingerprint density at radius 3 is 2.83 bits per heavy atom. The summed E-state index contributed by atoms with van der Waals surface area (Å²) in [5.74, 6) is 1.51. The van der Waals surface area contributed by atoms with Gasteiger partial charge in [0.25, 0.3) is 5.22 Å². The van der Waals surface area contributed by atoms with E-state index in [1.165, 1.54) is 11.8 Å². The second-order valence-corrected chi connectivity index (χ2v) is 7.43. The number of pyridine rings is 1. The number of rotatable bonds is 8. The molecule has 4 rings (SSSR count). The van der Waals surface area contributed by atoms with Crippen LogP contribution in [-0.2, 0) is 17.0 Å². The van der Waals surface area contributed by atoms with Crippen LogP contribution in [0.25, 0.3) is 11.5 Å². The molecule has 3 heterocycles. The maximum Gasteiger partial charge on any atom is 0.277 e. The second kappa shape index (κ2) is 9.51. The summed E-state index contributed by atoms with van der Waals surface area (Å²) in [6.45, 7) is 0. The molecule has 0 saturated heterocycles. The molecule has 152 valence electrons. The molecule has 9 nitrogen and oxygen atoms in total. The Labute approximate surface area is 180 Å². The van der Waals surface area contributed by atoms with Gasteiger partial charge in [-0.2, -0.15) is 4.98 Å². The summed E-state index contributed by atoms with van der Waals surface area (Å²) >= 11 is 7.12. The average Bonchev–Trinajstić information content (AvgIpc) is 3.43. The van der Waals surface area contributed by atoms with Crippen LogP contribution in [0.5, 0.6) is 0 Å². The molecule has 0 aliphatic heterocycles. The molecule has 0 atom stereocenters. The zero-order valence-electron chi connectivity index (χ0n) is 15.5. The standard InChI is InChI=1S/C19H15ClN6O3S/c20-13-3-5-14(6-4-13)22-16(27)7-8-17-23-15(26-29-17)11-30-19-25-24-18(28-19)12-2-1-9-21-10-12/h1-6,9-10H,7-8,11H2,(H,22,27). The smallest absolute Gasteiger partial charge is 0.277 e. The molecule has 0 aliphatic carbocycles. The molecule has 0 aliphatic rings. The van der Waals surface area contributed by atoms with Gasteiger partial charge in [-0.25, -0.2) is 0 Å². The Morgan fingerprint density at radius 2 is 2.03 bits per heavy atom. The molecule has 4 aromatic rings. The van der Waals surface area contributed by atoms with Gasteiger partial charge < -0.3 is 14.3 Å². The van der Waals surface area contributed by atoms with Crippen LogP contribution < -0.4 is 5.32 Å². The normalized spacial score (nSPS) is 10.8. The van der Waals surface area contributed by atoms with E-state index < -0.39 is 0 Å². The van der Waals surface area contributed by atoms with Gasteiger partial charge in [-0.1, -0.05) is 28.5 Å². The molecule has 11 heteroatoms. The minimum Gasteiger partial charge on any atom is -0.411 e. The van der Waals surface area contributed by atoms with E-state index in [1.807, 2.05) is 6.07 Å². The monoisotopic (exact) mass is 442 g/mol. The molecule has 0 fully saturated rings. The summed E-state index contributed by atoms with van der Waals surface area (Å²) in [7, 11) is 0. The lowest BCUT2D eigenvalue weighted by atomic mass is 10.2. The number of carbonyl (C=O) groups excluding carboxylic acids is 1. The van der Waals surface area contributed by atoms with Gasteiger partial charge in [0.15, 0.2) is 5.82 Å². The largest absolute Gasteiger partial charge is 0.411 e. The van der Waals surface area contributed by atoms with E-state index in [-0.39, 0.29) is 12.3 Å². The molecular formula is C19H15ClN6O3S. The van der Waals surface area contributed by atoms with E-state index >= 15 is 0 Å². The van der Waals surface area contributed by atoms with Gasteiger partial charge in [0, 0.05) is 35.9 Å². The lowest BCUT2D eigenvalue weighted by Crippen LogP contribution is -2.12. The molecule has 0 spiro atoms. The number of amides is 1. The highest BCUT2D eigenvalue weighted by molar-refractivity contribution is 7.98. The van der Waals surface area contributed by atoms with Crippen molar-refractivity contribution in [2.45, 2.75) is 23.8 Å². The summed E-state index contributed by atoms with van der Waals surface area (Å²) in [6.07, 6.45) is 3.87. The molecule has 0 radical (unpaired) electrons. The number of hydrogen-bond acceptors (Lipinski definition) is 9. The Hall–Kier alpha value is -3.24. The summed E-state index contributed by atoms with van der Waals surface area (Å²) in [4.78, 5) is 20.3. The number of aromatic nitrogens is 5. The fourth-order valence-electron chi connectivity index (χ4n) is 2.43. The molecule has 0 saturated carbocycles. The van der Waals surface area contributed by atoms with Crippen molar-refractivity contribution in [2.75, 3.05) is 5.32 Å². The van der Waals surface area contributed by atoms with Crippen molar-refractivity contribution in [1.82, 2.24) is 25.3 Å². The number of halogens is 1. The predicted octanol–water partition coefficient (Wildman–Crippen LogP) is 4.03. The minimum absolute atomic E-state index is 0.153. The number of benzene rings is 1. The van der Waals surface area contributed by atoms with Crippen LogP contribution in [0.15, 0.2) is 63.0 Å². The van der Waals surface area contributed by atoms with Crippen molar-refractivity contribution in [3.05, 3.63) is 65.5 Å². The van der Waals surface area contributed by atoms with Crippen molar-refractivity contribution >= 4 is 35.0 Å². The minimum atomic E-state index is -0.153. The number of thioether (sulfide) groups is 1. The lowest BCUT2D eigenvalue weighted by Gasteiger charge is -2.03. The van der Waals surface area contributed by atoms with Crippen LogP contribution in [0.3, 0.4) is 0 Å². The number of carbonyl (C=O) groups is 1. The number of aryl methyl sites for hydroxylation is 1. The molecule has 30 heavy (non-hydrogen) atoms. The third-order valence-corrected chi connectivity index (χ3v) is 4.91. The third kappa shape index (κ3) is 5.43. The van der Waals surface area contributed by atoms with Gasteiger partial charge in [0.05, 0.1) is 11.3 Å². The first-order chi connectivity index (χ1) is 14.7. The summed E-state index contributed by atoms with van der Waals surface area (Å²) in [5, 5.41) is 15.7. The summed E-state index contributed by atoms with van der Waals surface area (Å²) in [6, 6.07) is 10.5. The molecule has 1 aromatic carbocycles. The van der Waals surface area contributed by atoms with Gasteiger partial charge in [-0.05, 0) is 36.4 Å². The Morgan fingerprint density at radius 1 is 1.17 bits per heavy atom. The SMILES string of the molecule is O=C(CCc1nc(CSc2nnc(-c3cccnc3)o2)no1)Nc1ccc(Cl)cc1. The summed E-state index contributed by atoms with van der Waals surface area (Å²) in [5.41, 5.74) is 1.42. The highest BCUT2D eigenvalue weighted by Gasteiger charge is 2.13. The molecule has 1 N–H and O–H groups in total. The Balaban J connectivity index is 1.25. The third-order valence-electron chi connectivity index (χ3n) is 3.84. The van der Waals surface area contributed by atoms with Gasteiger partial charge in [0.1, 0.15) is 0 Å². The van der Waals surface area contributed by atoms with Crippen LogP contribution in [0.1, 0.15) is 18.1 Å². The van der Waals surface area contributed by atoms with Crippen LogP contribution in [0, 0.1) is 0 Å². The first kappa shape index (κ1) is 20.0. The number of nitrogens with one attached hydrogen (secondary N) is 1. The Bertz CT molecular complexity index is 1120. The Kier molecular flexibility index (Phi) is 6.35. The molecule has 0 unspecified atom stereocenters. The van der Waals surface area contributed by atoms with E-state index in [2.05, 4.69) is 30.6 Å². The van der Waals surface area contributed by atoms with Gasteiger partial charge in [0.2, 0.25) is 17.7 Å². The molecule has 1 amide bonds. The summed E-state index contributed by atoms with van der Waals surface area (Å²) < 4.78 is 10.8. The van der Waals surface area contributed by atoms with E-state index in [0.717, 1.165) is 5.56 Å². The van der Waals surface area contributed by atoms with E-state index in [9.17, 15) is 4.79 Å². The highest BCUT2D eigenvalue weighted by Crippen LogP contribution is 2.24. The fourth-order valence-corrected chi connectivity index (χ4v) is 3.16. The van der Waals surface area contributed by atoms with Crippen LogP contribution in [0.2, 0.25) is 5.02 Å². The number of hydrogen-bond donors (Lipinski definition) is 1. The number of anilines is 1. The fraction of sp³-hybridized carbons (Fsp3) is 0.158. The zero-order chi connectivity index (χ0) is 20.8. The van der Waals surface area contributed by atoms with Gasteiger partial charge in [-0.15, -0.1) is 10.2 Å². The first-order valence-corrected chi connectivity index (χ1v) is 10.3. The molecule has 0 bridgehead atoms. The van der Waals surface area contributed by atoms with Crippen molar-refractivity contribution in [2.24, 2.45) is 0 Å². The van der Waals surface area contributed by atoms with E-state index in [0.29, 0.717) is 45.7 Å². The van der Waals surface area contributed by atoms with Gasteiger partial charge in [-0.3, -0.25) is 9.78 Å². The van der Waals surface area contributed by atoms with Gasteiger partial charge >= 0.3 is 0 Å². The predicted molar refractivity (Wildman–Crippen MR) is 110 cm³/mol. The van der Waals surface area contributed by atoms with Crippen molar-refractivity contribution in [3.8, 4) is 11.5 Å². The van der Waals surface area contributed by atoms with Crippen LogP contribution in [-0.4, -0.2) is 31.2 Å². The van der Waals surface area contributed by atoms with Crippen molar-refractivity contribution < 1.29 is 13.7 Å². The first-order valence-electron chi connectivity index (χ1n) is 8.89. The zero-order valence-corrected chi connectivity index (χ0v) is 17.1. The molecule has 3 aromatic heterocycles. The van der Waals surface area contributed by atoms with Crippen LogP contribution >= 0.6 is 23.4 Å². The lowest BCUT2D eigenvalue weighted by molar-refractivity contribution is -0.116. The topological polar surface area (TPSA) is 120 Å². The quantitative estimate of drug-likeness (QED) is 0.403. The molecular weight excluding hydrogens is 428 g/mol. The van der Waals surface area contributed by atoms with Crippen LogP contribution in [0.4, 0.5) is 5.69 Å². The second-order valence-electron chi connectivity index (χ2n) is 6.06. The maximum absolute atomic E-state index is 12.0. The highest BCUT2D eigenvalue weighted by atomic mass is 35.5. The average molecular weight is 443 g/mol.